The maximum absolute atomic E-state index is 5.38. The van der Waals surface area contributed by atoms with E-state index in [0.717, 1.165) is 24.8 Å². The lowest BCUT2D eigenvalue weighted by Crippen LogP contribution is -2.09. The summed E-state index contributed by atoms with van der Waals surface area (Å²) in [5.74, 6) is 1.66. The lowest BCUT2D eigenvalue weighted by molar-refractivity contribution is 0.340. The molecular formula is C13H21NO. The molecule has 1 aromatic carbocycles. The van der Waals surface area contributed by atoms with Crippen LogP contribution in [-0.4, -0.2) is 13.2 Å². The number of rotatable bonds is 6. The molecule has 1 rings (SSSR count). The minimum atomic E-state index is 0.719. The Balaban J connectivity index is 2.42. The Morgan fingerprint density at radius 3 is 2.40 bits per heavy atom. The van der Waals surface area contributed by atoms with Crippen LogP contribution in [0.2, 0.25) is 0 Å². The molecule has 0 amide bonds. The fourth-order valence-electron chi connectivity index (χ4n) is 1.27. The molecule has 15 heavy (non-hydrogen) atoms. The minimum Gasteiger partial charge on any atom is -0.494 e. The average Bonchev–Trinajstić information content (AvgIpc) is 2.28. The fraction of sp³-hybridized carbons (Fsp3) is 0.538. The van der Waals surface area contributed by atoms with E-state index in [9.17, 15) is 0 Å². The standard InChI is InChI=1S/C13H21NO/c1-4-11(3)10-14-12-6-8-13(9-7-12)15-5-2/h6-9,11,14H,4-5,10H2,1-3H3. The van der Waals surface area contributed by atoms with E-state index in [4.69, 9.17) is 4.74 Å². The topological polar surface area (TPSA) is 21.3 Å². The molecule has 1 N–H and O–H groups in total. The molecule has 0 aromatic heterocycles. The smallest absolute Gasteiger partial charge is 0.119 e. The number of hydrogen-bond donors (Lipinski definition) is 1. The normalized spacial score (nSPS) is 12.2. The molecule has 2 heteroatoms. The van der Waals surface area contributed by atoms with E-state index >= 15 is 0 Å². The number of hydrogen-bond acceptors (Lipinski definition) is 2. The summed E-state index contributed by atoms with van der Waals surface area (Å²) in [6.45, 7) is 8.21. The number of benzene rings is 1. The fourth-order valence-corrected chi connectivity index (χ4v) is 1.27. The van der Waals surface area contributed by atoms with E-state index < -0.39 is 0 Å². The Bertz CT molecular complexity index is 268. The van der Waals surface area contributed by atoms with Crippen molar-refractivity contribution in [2.24, 2.45) is 5.92 Å². The molecule has 0 aliphatic carbocycles. The van der Waals surface area contributed by atoms with E-state index in [1.54, 1.807) is 0 Å². The van der Waals surface area contributed by atoms with Crippen LogP contribution < -0.4 is 10.1 Å². The maximum Gasteiger partial charge on any atom is 0.119 e. The van der Waals surface area contributed by atoms with Crippen molar-refractivity contribution in [1.29, 1.82) is 0 Å². The lowest BCUT2D eigenvalue weighted by Gasteiger charge is -2.11. The molecule has 84 valence electrons. The predicted molar refractivity (Wildman–Crippen MR) is 65.6 cm³/mol. The second-order valence-electron chi connectivity index (χ2n) is 3.85. The van der Waals surface area contributed by atoms with Gasteiger partial charge in [0.05, 0.1) is 6.61 Å². The van der Waals surface area contributed by atoms with Gasteiger partial charge in [0, 0.05) is 12.2 Å². The first-order chi connectivity index (χ1) is 7.26. The molecule has 0 radical (unpaired) electrons. The summed E-state index contributed by atoms with van der Waals surface area (Å²) in [5, 5.41) is 3.41. The van der Waals surface area contributed by atoms with Gasteiger partial charge < -0.3 is 10.1 Å². The van der Waals surface area contributed by atoms with Crippen molar-refractivity contribution in [2.75, 3.05) is 18.5 Å². The molecule has 1 aromatic rings. The Morgan fingerprint density at radius 2 is 1.87 bits per heavy atom. The quantitative estimate of drug-likeness (QED) is 0.770. The largest absolute Gasteiger partial charge is 0.494 e. The van der Waals surface area contributed by atoms with Gasteiger partial charge in [0.1, 0.15) is 5.75 Å². The third-order valence-corrected chi connectivity index (χ3v) is 2.52. The van der Waals surface area contributed by atoms with Gasteiger partial charge in [-0.3, -0.25) is 0 Å². The molecule has 0 heterocycles. The van der Waals surface area contributed by atoms with Gasteiger partial charge in [-0.25, -0.2) is 0 Å². The molecule has 0 aliphatic rings. The van der Waals surface area contributed by atoms with Gasteiger partial charge in [-0.05, 0) is 37.1 Å². The Labute approximate surface area is 92.6 Å². The second kappa shape index (κ2) is 6.33. The average molecular weight is 207 g/mol. The third kappa shape index (κ3) is 4.24. The SMILES string of the molecule is CCOc1ccc(NCC(C)CC)cc1. The molecule has 0 fully saturated rings. The maximum atomic E-state index is 5.38. The second-order valence-corrected chi connectivity index (χ2v) is 3.85. The van der Waals surface area contributed by atoms with E-state index in [2.05, 4.69) is 31.3 Å². The monoisotopic (exact) mass is 207 g/mol. The zero-order chi connectivity index (χ0) is 11.1. The van der Waals surface area contributed by atoms with Gasteiger partial charge in [-0.1, -0.05) is 20.3 Å². The predicted octanol–water partition coefficient (Wildman–Crippen LogP) is 3.54. The van der Waals surface area contributed by atoms with Crippen molar-refractivity contribution < 1.29 is 4.74 Å². The molecule has 0 spiro atoms. The highest BCUT2D eigenvalue weighted by atomic mass is 16.5. The number of ether oxygens (including phenoxy) is 1. The van der Waals surface area contributed by atoms with Crippen LogP contribution in [0.5, 0.6) is 5.75 Å². The first-order valence-corrected chi connectivity index (χ1v) is 5.73. The van der Waals surface area contributed by atoms with Crippen molar-refractivity contribution in [1.82, 2.24) is 0 Å². The van der Waals surface area contributed by atoms with Crippen LogP contribution in [0.25, 0.3) is 0 Å². The Kier molecular flexibility index (Phi) is 5.02. The first kappa shape index (κ1) is 11.9. The summed E-state index contributed by atoms with van der Waals surface area (Å²) >= 11 is 0. The van der Waals surface area contributed by atoms with Gasteiger partial charge in [0.25, 0.3) is 0 Å². The van der Waals surface area contributed by atoms with E-state index in [1.807, 2.05) is 19.1 Å². The van der Waals surface area contributed by atoms with Crippen molar-refractivity contribution in [2.45, 2.75) is 27.2 Å². The van der Waals surface area contributed by atoms with Crippen molar-refractivity contribution in [3.8, 4) is 5.75 Å². The van der Waals surface area contributed by atoms with Gasteiger partial charge in [0.2, 0.25) is 0 Å². The van der Waals surface area contributed by atoms with Crippen molar-refractivity contribution >= 4 is 5.69 Å². The number of anilines is 1. The van der Waals surface area contributed by atoms with Crippen molar-refractivity contribution in [3.63, 3.8) is 0 Å². The third-order valence-electron chi connectivity index (χ3n) is 2.52. The molecule has 1 atom stereocenters. The zero-order valence-corrected chi connectivity index (χ0v) is 9.92. The molecule has 0 saturated carbocycles. The van der Waals surface area contributed by atoms with Gasteiger partial charge >= 0.3 is 0 Å². The first-order valence-electron chi connectivity index (χ1n) is 5.73. The molecule has 0 saturated heterocycles. The van der Waals surface area contributed by atoms with E-state index in [-0.39, 0.29) is 0 Å². The van der Waals surface area contributed by atoms with Gasteiger partial charge in [0.15, 0.2) is 0 Å². The molecular weight excluding hydrogens is 186 g/mol. The van der Waals surface area contributed by atoms with Crippen LogP contribution in [-0.2, 0) is 0 Å². The van der Waals surface area contributed by atoms with Gasteiger partial charge in [-0.15, -0.1) is 0 Å². The highest BCUT2D eigenvalue weighted by molar-refractivity contribution is 5.46. The van der Waals surface area contributed by atoms with Crippen LogP contribution in [0.4, 0.5) is 5.69 Å². The van der Waals surface area contributed by atoms with Crippen LogP contribution in [0.3, 0.4) is 0 Å². The lowest BCUT2D eigenvalue weighted by atomic mass is 10.1. The van der Waals surface area contributed by atoms with Gasteiger partial charge in [-0.2, -0.15) is 0 Å². The highest BCUT2D eigenvalue weighted by Crippen LogP contribution is 2.16. The summed E-state index contributed by atoms with van der Waals surface area (Å²) < 4.78 is 5.38. The Morgan fingerprint density at radius 1 is 1.20 bits per heavy atom. The summed E-state index contributed by atoms with van der Waals surface area (Å²) in [6.07, 6.45) is 1.21. The molecule has 0 bridgehead atoms. The Hall–Kier alpha value is -1.18. The molecule has 2 nitrogen and oxygen atoms in total. The number of nitrogens with one attached hydrogen (secondary N) is 1. The highest BCUT2D eigenvalue weighted by Gasteiger charge is 1.98. The minimum absolute atomic E-state index is 0.719. The summed E-state index contributed by atoms with van der Waals surface area (Å²) in [4.78, 5) is 0. The molecule has 0 aliphatic heterocycles. The van der Waals surface area contributed by atoms with E-state index in [1.165, 1.54) is 12.1 Å². The van der Waals surface area contributed by atoms with Crippen LogP contribution >= 0.6 is 0 Å². The van der Waals surface area contributed by atoms with Crippen LogP contribution in [0.1, 0.15) is 27.2 Å². The molecule has 1 unspecified atom stereocenters. The summed E-state index contributed by atoms with van der Waals surface area (Å²) in [6, 6.07) is 8.13. The van der Waals surface area contributed by atoms with Crippen LogP contribution in [0.15, 0.2) is 24.3 Å². The summed E-state index contributed by atoms with van der Waals surface area (Å²) in [7, 11) is 0. The summed E-state index contributed by atoms with van der Waals surface area (Å²) in [5.41, 5.74) is 1.17. The zero-order valence-electron chi connectivity index (χ0n) is 9.92. The van der Waals surface area contributed by atoms with Crippen molar-refractivity contribution in [3.05, 3.63) is 24.3 Å². The van der Waals surface area contributed by atoms with Crippen LogP contribution in [0, 0.1) is 5.92 Å². The van der Waals surface area contributed by atoms with E-state index in [0.29, 0.717) is 0 Å².